The molecule has 0 spiro atoms. The standard InChI is InChI=1S/C23H11Cl3F2N4O/c24-12-3-1-11(2-4-12)21-29-19-22(32(21)18-10-14(27)6-8-17(18)28)30-20(31-23(19)33)15-7-5-13(25)9-16(15)26/h1-10H,(H,30,31,33). The summed E-state index contributed by atoms with van der Waals surface area (Å²) < 4.78 is 30.3. The van der Waals surface area contributed by atoms with Crippen molar-refractivity contribution in [1.82, 2.24) is 19.5 Å². The zero-order valence-electron chi connectivity index (χ0n) is 16.4. The highest BCUT2D eigenvalue weighted by atomic mass is 35.5. The van der Waals surface area contributed by atoms with Gasteiger partial charge in [-0.15, -0.1) is 0 Å². The van der Waals surface area contributed by atoms with Crippen LogP contribution < -0.4 is 5.56 Å². The Balaban J connectivity index is 1.88. The van der Waals surface area contributed by atoms with E-state index in [9.17, 15) is 13.6 Å². The highest BCUT2D eigenvalue weighted by molar-refractivity contribution is 6.36. The van der Waals surface area contributed by atoms with E-state index >= 15 is 0 Å². The van der Waals surface area contributed by atoms with E-state index in [-0.39, 0.29) is 33.5 Å². The van der Waals surface area contributed by atoms with Gasteiger partial charge < -0.3 is 4.98 Å². The molecule has 0 saturated carbocycles. The highest BCUT2D eigenvalue weighted by Crippen LogP contribution is 2.32. The van der Waals surface area contributed by atoms with Crippen molar-refractivity contribution in [2.45, 2.75) is 0 Å². The third kappa shape index (κ3) is 3.88. The van der Waals surface area contributed by atoms with Crippen LogP contribution in [0, 0.1) is 11.6 Å². The molecule has 2 heterocycles. The van der Waals surface area contributed by atoms with Crippen molar-refractivity contribution < 1.29 is 8.78 Å². The van der Waals surface area contributed by atoms with Crippen LogP contribution in [0.2, 0.25) is 15.1 Å². The number of H-pyrrole nitrogens is 1. The van der Waals surface area contributed by atoms with E-state index in [2.05, 4.69) is 15.0 Å². The largest absolute Gasteiger partial charge is 0.304 e. The highest BCUT2D eigenvalue weighted by Gasteiger charge is 2.22. The molecule has 0 fully saturated rings. The van der Waals surface area contributed by atoms with Crippen molar-refractivity contribution in [3.8, 4) is 28.5 Å². The zero-order chi connectivity index (χ0) is 23.3. The number of halogens is 5. The molecule has 0 aliphatic carbocycles. The molecule has 33 heavy (non-hydrogen) atoms. The lowest BCUT2D eigenvalue weighted by atomic mass is 10.2. The van der Waals surface area contributed by atoms with E-state index < -0.39 is 17.2 Å². The second-order valence-corrected chi connectivity index (χ2v) is 8.36. The van der Waals surface area contributed by atoms with E-state index in [1.807, 2.05) is 0 Å². The summed E-state index contributed by atoms with van der Waals surface area (Å²) in [6, 6.07) is 14.3. The Bertz CT molecular complexity index is 1600. The summed E-state index contributed by atoms with van der Waals surface area (Å²) in [6.45, 7) is 0. The van der Waals surface area contributed by atoms with Crippen molar-refractivity contribution in [3.05, 3.63) is 97.7 Å². The molecule has 0 unspecified atom stereocenters. The Morgan fingerprint density at radius 1 is 0.848 bits per heavy atom. The predicted octanol–water partition coefficient (Wildman–Crippen LogP) is 6.68. The lowest BCUT2D eigenvalue weighted by molar-refractivity contribution is 0.593. The summed E-state index contributed by atoms with van der Waals surface area (Å²) in [4.78, 5) is 24.5. The molecule has 0 aliphatic heterocycles. The van der Waals surface area contributed by atoms with Crippen LogP contribution in [-0.4, -0.2) is 19.5 Å². The molecule has 1 N–H and O–H groups in total. The number of aromatic nitrogens is 4. The second-order valence-electron chi connectivity index (χ2n) is 7.08. The Hall–Kier alpha value is -3.26. The van der Waals surface area contributed by atoms with Crippen molar-refractivity contribution in [2.75, 3.05) is 0 Å². The number of hydrogen-bond donors (Lipinski definition) is 1. The maximum atomic E-state index is 14.9. The predicted molar refractivity (Wildman–Crippen MR) is 125 cm³/mol. The van der Waals surface area contributed by atoms with Crippen LogP contribution in [0.5, 0.6) is 0 Å². The van der Waals surface area contributed by atoms with Gasteiger partial charge in [0.25, 0.3) is 5.56 Å². The molecule has 0 radical (unpaired) electrons. The SMILES string of the molecule is O=c1[nH]c(-c2ccc(Cl)cc2Cl)nc2c1nc(-c1ccc(Cl)cc1)n2-c1cc(F)ccc1F. The first kappa shape index (κ1) is 21.6. The molecule has 0 amide bonds. The Morgan fingerprint density at radius 3 is 2.30 bits per heavy atom. The Kier molecular flexibility index (Phi) is 5.40. The molecule has 3 aromatic carbocycles. The fourth-order valence-corrected chi connectivity index (χ4v) is 4.08. The summed E-state index contributed by atoms with van der Waals surface area (Å²) >= 11 is 18.3. The van der Waals surface area contributed by atoms with Gasteiger partial charge in [-0.05, 0) is 54.6 Å². The van der Waals surface area contributed by atoms with Crippen LogP contribution in [0.4, 0.5) is 8.78 Å². The van der Waals surface area contributed by atoms with Crippen LogP contribution in [0.1, 0.15) is 0 Å². The number of aromatic amines is 1. The zero-order valence-corrected chi connectivity index (χ0v) is 18.7. The summed E-state index contributed by atoms with van der Waals surface area (Å²) in [6.07, 6.45) is 0. The van der Waals surface area contributed by atoms with Crippen LogP contribution in [0.3, 0.4) is 0 Å². The summed E-state index contributed by atoms with van der Waals surface area (Å²) in [5.41, 5.74) is 0.152. The second kappa shape index (κ2) is 8.26. The third-order valence-corrected chi connectivity index (χ3v) is 5.76. The first-order valence-corrected chi connectivity index (χ1v) is 10.6. The van der Waals surface area contributed by atoms with E-state index in [1.165, 1.54) is 10.6 Å². The van der Waals surface area contributed by atoms with Crippen LogP contribution in [-0.2, 0) is 0 Å². The maximum absolute atomic E-state index is 14.9. The molecule has 5 aromatic rings. The fourth-order valence-electron chi connectivity index (χ4n) is 3.46. The average molecular weight is 504 g/mol. The lowest BCUT2D eigenvalue weighted by Crippen LogP contribution is -2.11. The monoisotopic (exact) mass is 502 g/mol. The fraction of sp³-hybridized carbons (Fsp3) is 0. The first-order chi connectivity index (χ1) is 15.8. The molecule has 5 rings (SSSR count). The van der Waals surface area contributed by atoms with Crippen LogP contribution in [0.25, 0.3) is 39.6 Å². The molecule has 2 aromatic heterocycles. The minimum Gasteiger partial charge on any atom is -0.304 e. The normalized spacial score (nSPS) is 11.3. The minimum atomic E-state index is -0.723. The van der Waals surface area contributed by atoms with E-state index in [1.54, 1.807) is 36.4 Å². The van der Waals surface area contributed by atoms with Crippen LogP contribution in [0.15, 0.2) is 65.5 Å². The van der Waals surface area contributed by atoms with Gasteiger partial charge in [-0.3, -0.25) is 9.36 Å². The van der Waals surface area contributed by atoms with E-state index in [0.717, 1.165) is 18.2 Å². The van der Waals surface area contributed by atoms with Gasteiger partial charge >= 0.3 is 0 Å². The van der Waals surface area contributed by atoms with Crippen molar-refractivity contribution in [3.63, 3.8) is 0 Å². The summed E-state index contributed by atoms with van der Waals surface area (Å²) in [7, 11) is 0. The van der Waals surface area contributed by atoms with Gasteiger partial charge in [0, 0.05) is 27.2 Å². The Morgan fingerprint density at radius 2 is 1.58 bits per heavy atom. The van der Waals surface area contributed by atoms with E-state index in [0.29, 0.717) is 21.2 Å². The number of hydrogen-bond acceptors (Lipinski definition) is 3. The maximum Gasteiger partial charge on any atom is 0.279 e. The van der Waals surface area contributed by atoms with Gasteiger partial charge in [0.05, 0.1) is 10.7 Å². The van der Waals surface area contributed by atoms with Gasteiger partial charge in [-0.2, -0.15) is 0 Å². The number of fused-ring (bicyclic) bond motifs is 1. The van der Waals surface area contributed by atoms with Gasteiger partial charge in [-0.1, -0.05) is 34.8 Å². The molecule has 5 nitrogen and oxygen atoms in total. The molecule has 0 aliphatic rings. The topological polar surface area (TPSA) is 63.6 Å². The number of nitrogens with zero attached hydrogens (tertiary/aromatic N) is 3. The van der Waals surface area contributed by atoms with Crippen LogP contribution >= 0.6 is 34.8 Å². The number of imidazole rings is 1. The number of rotatable bonds is 3. The third-order valence-electron chi connectivity index (χ3n) is 4.96. The number of benzene rings is 3. The van der Waals surface area contributed by atoms with Gasteiger partial charge in [0.15, 0.2) is 11.2 Å². The van der Waals surface area contributed by atoms with Crippen molar-refractivity contribution in [1.29, 1.82) is 0 Å². The molecule has 0 saturated heterocycles. The average Bonchev–Trinajstić information content (AvgIpc) is 3.16. The molecular formula is C23H11Cl3F2N4O. The molecule has 0 bridgehead atoms. The summed E-state index contributed by atoms with van der Waals surface area (Å²) in [5.74, 6) is -1.08. The number of nitrogens with one attached hydrogen (secondary N) is 1. The molecule has 10 heteroatoms. The summed E-state index contributed by atoms with van der Waals surface area (Å²) in [5, 5.41) is 1.14. The molecular weight excluding hydrogens is 493 g/mol. The quantitative estimate of drug-likeness (QED) is 0.299. The van der Waals surface area contributed by atoms with Gasteiger partial charge in [0.1, 0.15) is 23.3 Å². The minimum absolute atomic E-state index is 0.0224. The smallest absolute Gasteiger partial charge is 0.279 e. The van der Waals surface area contributed by atoms with Gasteiger partial charge in [-0.25, -0.2) is 18.7 Å². The van der Waals surface area contributed by atoms with Gasteiger partial charge in [0.2, 0.25) is 0 Å². The molecule has 0 atom stereocenters. The molecule has 164 valence electrons. The van der Waals surface area contributed by atoms with Crippen molar-refractivity contribution >= 4 is 46.0 Å². The first-order valence-electron chi connectivity index (χ1n) is 9.51. The van der Waals surface area contributed by atoms with Crippen molar-refractivity contribution in [2.24, 2.45) is 0 Å². The Labute approximate surface area is 200 Å². The van der Waals surface area contributed by atoms with E-state index in [4.69, 9.17) is 34.8 Å². The lowest BCUT2D eigenvalue weighted by Gasteiger charge is -2.11.